The fourth-order valence-electron chi connectivity index (χ4n) is 4.46. The number of thiazole rings is 1. The van der Waals surface area contributed by atoms with Gasteiger partial charge in [-0.25, -0.2) is 19.9 Å². The Morgan fingerprint density at radius 2 is 1.87 bits per heavy atom. The number of ether oxygens (including phenoxy) is 1. The first-order valence-electron chi connectivity index (χ1n) is 12.3. The zero-order valence-electron chi connectivity index (χ0n) is 20.7. The fourth-order valence-corrected chi connectivity index (χ4v) is 5.12. The minimum absolute atomic E-state index is 0.645. The van der Waals surface area contributed by atoms with Crippen LogP contribution in [0.3, 0.4) is 0 Å². The number of aryl methyl sites for hydroxylation is 1. The third kappa shape index (κ3) is 4.98. The number of hydrogen-bond donors (Lipinski definition) is 1. The van der Waals surface area contributed by atoms with Crippen molar-refractivity contribution in [1.82, 2.24) is 24.8 Å². The monoisotopic (exact) mass is 523 g/mol. The number of fused-ring (bicyclic) bond motifs is 2. The summed E-state index contributed by atoms with van der Waals surface area (Å²) in [7, 11) is 0. The second kappa shape index (κ2) is 10.4. The van der Waals surface area contributed by atoms with E-state index in [2.05, 4.69) is 30.1 Å². The lowest BCUT2D eigenvalue weighted by Crippen LogP contribution is -2.44. The fraction of sp³-hybridized carbons (Fsp3) is 0.179. The molecule has 3 aromatic heterocycles. The Balaban J connectivity index is 1.20. The van der Waals surface area contributed by atoms with Gasteiger partial charge < -0.3 is 19.9 Å². The summed E-state index contributed by atoms with van der Waals surface area (Å²) in [6.45, 7) is 5.29. The van der Waals surface area contributed by atoms with Crippen LogP contribution < -0.4 is 15.0 Å². The Morgan fingerprint density at radius 1 is 0.974 bits per heavy atom. The maximum atomic E-state index is 10.6. The quantitative estimate of drug-likeness (QED) is 0.225. The van der Waals surface area contributed by atoms with Crippen molar-refractivity contribution in [2.45, 2.75) is 6.92 Å². The normalized spacial score (nSPS) is 13.9. The molecule has 0 unspecified atom stereocenters. The molecule has 0 amide bonds. The average molecular weight is 524 g/mol. The second-order valence-corrected chi connectivity index (χ2v) is 9.84. The van der Waals surface area contributed by atoms with Crippen LogP contribution in [0.4, 0.5) is 17.3 Å². The van der Waals surface area contributed by atoms with E-state index in [4.69, 9.17) is 9.72 Å². The number of nitrogens with zero attached hydrogens (tertiary/aromatic N) is 6. The van der Waals surface area contributed by atoms with Crippen LogP contribution >= 0.6 is 11.3 Å². The molecule has 0 radical (unpaired) electrons. The summed E-state index contributed by atoms with van der Waals surface area (Å²) in [4.78, 5) is 33.1. The van der Waals surface area contributed by atoms with Gasteiger partial charge in [0.15, 0.2) is 5.82 Å². The smallest absolute Gasteiger partial charge is 0.160 e. The third-order valence-electron chi connectivity index (χ3n) is 6.45. The number of hydrogen-bond acceptors (Lipinski definition) is 10. The number of nitrogens with one attached hydrogen (secondary N) is 1. The van der Waals surface area contributed by atoms with Gasteiger partial charge in [-0.05, 0) is 61.0 Å². The highest BCUT2D eigenvalue weighted by atomic mass is 32.1. The van der Waals surface area contributed by atoms with Gasteiger partial charge >= 0.3 is 0 Å². The van der Waals surface area contributed by atoms with Crippen molar-refractivity contribution in [2.75, 3.05) is 36.4 Å². The van der Waals surface area contributed by atoms with Crippen LogP contribution in [0.15, 0.2) is 72.6 Å². The van der Waals surface area contributed by atoms with E-state index in [1.807, 2.05) is 67.2 Å². The van der Waals surface area contributed by atoms with E-state index in [1.54, 1.807) is 17.7 Å². The van der Waals surface area contributed by atoms with Crippen LogP contribution in [-0.2, 0) is 4.79 Å². The first kappa shape index (κ1) is 23.8. The molecule has 10 heteroatoms. The molecule has 38 heavy (non-hydrogen) atoms. The van der Waals surface area contributed by atoms with Crippen molar-refractivity contribution in [3.63, 3.8) is 0 Å². The SMILES string of the molecule is Cc1cc(Nc2ncnc3ccc(N4CCN(C=CC=O)CC4)nc23)ccc1Oc1ccc2scnc2c1. The minimum atomic E-state index is 0.645. The molecule has 190 valence electrons. The van der Waals surface area contributed by atoms with E-state index in [0.29, 0.717) is 11.3 Å². The molecule has 2 aromatic carbocycles. The molecule has 1 N–H and O–H groups in total. The summed E-state index contributed by atoms with van der Waals surface area (Å²) in [5.41, 5.74) is 6.12. The molecule has 1 fully saturated rings. The van der Waals surface area contributed by atoms with Gasteiger partial charge in [-0.3, -0.25) is 4.79 Å². The number of allylic oxidation sites excluding steroid dienone is 1. The average Bonchev–Trinajstić information content (AvgIpc) is 3.42. The molecule has 0 bridgehead atoms. The summed E-state index contributed by atoms with van der Waals surface area (Å²) in [5.74, 6) is 3.06. The molecule has 0 saturated carbocycles. The molecular formula is C28H25N7O2S. The van der Waals surface area contributed by atoms with Gasteiger partial charge in [0.1, 0.15) is 35.4 Å². The number of anilines is 3. The number of aromatic nitrogens is 4. The van der Waals surface area contributed by atoms with Crippen LogP contribution in [0, 0.1) is 6.92 Å². The van der Waals surface area contributed by atoms with Crippen LogP contribution in [-0.4, -0.2) is 57.3 Å². The summed E-state index contributed by atoms with van der Waals surface area (Å²) in [5, 5.41) is 3.41. The van der Waals surface area contributed by atoms with Crippen LogP contribution in [0.1, 0.15) is 5.56 Å². The lowest BCUT2D eigenvalue weighted by Gasteiger charge is -2.34. The summed E-state index contributed by atoms with van der Waals surface area (Å²) in [6.07, 6.45) is 5.71. The van der Waals surface area contributed by atoms with Gasteiger partial charge in [0, 0.05) is 44.1 Å². The minimum Gasteiger partial charge on any atom is -0.457 e. The predicted molar refractivity (Wildman–Crippen MR) is 150 cm³/mol. The Kier molecular flexibility index (Phi) is 6.53. The molecule has 9 nitrogen and oxygen atoms in total. The van der Waals surface area contributed by atoms with E-state index >= 15 is 0 Å². The van der Waals surface area contributed by atoms with Crippen LogP contribution in [0.25, 0.3) is 21.3 Å². The lowest BCUT2D eigenvalue weighted by molar-refractivity contribution is -0.104. The van der Waals surface area contributed by atoms with E-state index in [1.165, 1.54) is 6.08 Å². The highest BCUT2D eigenvalue weighted by Crippen LogP contribution is 2.32. The van der Waals surface area contributed by atoms with Crippen molar-refractivity contribution in [3.05, 3.63) is 78.2 Å². The number of benzene rings is 2. The molecule has 5 aromatic rings. The first-order valence-corrected chi connectivity index (χ1v) is 13.2. The maximum Gasteiger partial charge on any atom is 0.160 e. The Morgan fingerprint density at radius 3 is 2.71 bits per heavy atom. The summed E-state index contributed by atoms with van der Waals surface area (Å²) >= 11 is 1.61. The lowest BCUT2D eigenvalue weighted by atomic mass is 10.2. The molecule has 0 spiro atoms. The predicted octanol–water partition coefficient (Wildman–Crippen LogP) is 5.31. The van der Waals surface area contributed by atoms with Gasteiger partial charge in [-0.2, -0.15) is 0 Å². The van der Waals surface area contributed by atoms with E-state index in [0.717, 1.165) is 76.8 Å². The molecule has 1 aliphatic heterocycles. The summed E-state index contributed by atoms with van der Waals surface area (Å²) in [6, 6.07) is 15.9. The van der Waals surface area contributed by atoms with Gasteiger partial charge in [0.05, 0.1) is 21.2 Å². The van der Waals surface area contributed by atoms with Crippen molar-refractivity contribution < 1.29 is 9.53 Å². The van der Waals surface area contributed by atoms with E-state index < -0.39 is 0 Å². The van der Waals surface area contributed by atoms with Gasteiger partial charge in [0.2, 0.25) is 0 Å². The van der Waals surface area contributed by atoms with Crippen LogP contribution in [0.5, 0.6) is 11.5 Å². The van der Waals surface area contributed by atoms with Crippen LogP contribution in [0.2, 0.25) is 0 Å². The largest absolute Gasteiger partial charge is 0.457 e. The van der Waals surface area contributed by atoms with Crippen molar-refractivity contribution in [3.8, 4) is 11.5 Å². The zero-order valence-corrected chi connectivity index (χ0v) is 21.6. The number of carbonyl (C=O) groups excluding carboxylic acids is 1. The van der Waals surface area contributed by atoms with Crippen molar-refractivity contribution >= 4 is 56.2 Å². The third-order valence-corrected chi connectivity index (χ3v) is 7.26. The molecule has 0 atom stereocenters. The standard InChI is InChI=1S/C28H25N7O2S/c1-19-15-20(3-6-24(19)37-21-4-7-25-23(16-21)31-18-38-25)32-28-27-22(29-17-30-28)5-8-26(33-27)35-12-10-34(11-13-35)9-2-14-36/h2-9,14-18H,10-13H2,1H3,(H,29,30,32). The molecule has 1 aliphatic rings. The summed E-state index contributed by atoms with van der Waals surface area (Å²) < 4.78 is 7.28. The van der Waals surface area contributed by atoms with Gasteiger partial charge in [0.25, 0.3) is 0 Å². The second-order valence-electron chi connectivity index (χ2n) is 8.95. The molecule has 4 heterocycles. The Bertz CT molecular complexity index is 1640. The number of pyridine rings is 1. The van der Waals surface area contributed by atoms with Gasteiger partial charge in [-0.1, -0.05) is 0 Å². The molecule has 1 saturated heterocycles. The van der Waals surface area contributed by atoms with E-state index in [-0.39, 0.29) is 0 Å². The maximum absolute atomic E-state index is 10.6. The topological polar surface area (TPSA) is 96.4 Å². The van der Waals surface area contributed by atoms with E-state index in [9.17, 15) is 4.79 Å². The molecule has 6 rings (SSSR count). The Hall–Kier alpha value is -4.57. The number of rotatable bonds is 7. The number of carbonyl (C=O) groups is 1. The zero-order chi connectivity index (χ0) is 25.9. The van der Waals surface area contributed by atoms with Gasteiger partial charge in [-0.15, -0.1) is 11.3 Å². The van der Waals surface area contributed by atoms with Crippen molar-refractivity contribution in [1.29, 1.82) is 0 Å². The first-order chi connectivity index (χ1) is 18.7. The number of piperazine rings is 1. The molecular weight excluding hydrogens is 498 g/mol. The molecule has 0 aliphatic carbocycles. The van der Waals surface area contributed by atoms with Crippen molar-refractivity contribution in [2.24, 2.45) is 0 Å². The number of aldehydes is 1. The highest BCUT2D eigenvalue weighted by molar-refractivity contribution is 7.16. The Labute approximate surface area is 223 Å². The highest BCUT2D eigenvalue weighted by Gasteiger charge is 2.17.